The zero-order valence-corrected chi connectivity index (χ0v) is 6.84. The first-order valence-electron chi connectivity index (χ1n) is 3.29. The Morgan fingerprint density at radius 2 is 2.00 bits per heavy atom. The van der Waals surface area contributed by atoms with E-state index >= 15 is 0 Å². The summed E-state index contributed by atoms with van der Waals surface area (Å²) >= 11 is 0. The number of allylic oxidation sites excluding steroid dienone is 1. The van der Waals surface area contributed by atoms with Gasteiger partial charge >= 0.3 is 10.4 Å². The molecule has 0 amide bonds. The fraction of sp³-hybridized carbons (Fsp3) is 0.667. The molecule has 0 atom stereocenters. The number of hydrogen-bond acceptors (Lipinski definition) is 4. The highest BCUT2D eigenvalue weighted by Crippen LogP contribution is 2.14. The third kappa shape index (κ3) is 2.61. The van der Waals surface area contributed by atoms with Gasteiger partial charge in [-0.05, 0) is 6.42 Å². The maximum absolute atomic E-state index is 10.5. The summed E-state index contributed by atoms with van der Waals surface area (Å²) in [5.74, 6) is 0.121. The molecular weight excluding hydrogens is 168 g/mol. The lowest BCUT2D eigenvalue weighted by Crippen LogP contribution is -2.27. The normalized spacial score (nSPS) is 24.7. The first kappa shape index (κ1) is 8.70. The van der Waals surface area contributed by atoms with E-state index in [0.29, 0.717) is 0 Å². The molecule has 1 fully saturated rings. The zero-order chi connectivity index (χ0) is 8.32. The Balaban J connectivity index is 2.42. The Morgan fingerprint density at radius 3 is 2.45 bits per heavy atom. The molecule has 64 valence electrons. The van der Waals surface area contributed by atoms with Gasteiger partial charge in [0.05, 0.1) is 13.2 Å². The van der Waals surface area contributed by atoms with Crippen LogP contribution in [-0.2, 0) is 18.8 Å². The number of rotatable bonds is 2. The summed E-state index contributed by atoms with van der Waals surface area (Å²) in [6, 6.07) is 0. The van der Waals surface area contributed by atoms with Gasteiger partial charge in [0.25, 0.3) is 0 Å². The monoisotopic (exact) mass is 178 g/mol. The van der Waals surface area contributed by atoms with Crippen LogP contribution in [0, 0.1) is 5.92 Å². The summed E-state index contributed by atoms with van der Waals surface area (Å²) in [4.78, 5) is 0. The molecule has 0 aromatic carbocycles. The smallest absolute Gasteiger partial charge is 0.248 e. The fourth-order valence-electron chi connectivity index (χ4n) is 0.813. The van der Waals surface area contributed by atoms with Crippen LogP contribution in [0.5, 0.6) is 0 Å². The second kappa shape index (κ2) is 3.34. The van der Waals surface area contributed by atoms with Crippen LogP contribution in [0.1, 0.15) is 6.42 Å². The van der Waals surface area contributed by atoms with E-state index in [1.165, 1.54) is 0 Å². The summed E-state index contributed by atoms with van der Waals surface area (Å²) in [7, 11) is -3.67. The van der Waals surface area contributed by atoms with Crippen LogP contribution in [0.2, 0.25) is 0 Å². The largest absolute Gasteiger partial charge is 0.399 e. The third-order valence-corrected chi connectivity index (χ3v) is 2.25. The van der Waals surface area contributed by atoms with Gasteiger partial charge in [0.15, 0.2) is 0 Å². The van der Waals surface area contributed by atoms with Gasteiger partial charge in [0, 0.05) is 5.92 Å². The first-order chi connectivity index (χ1) is 5.14. The maximum atomic E-state index is 10.5. The summed E-state index contributed by atoms with van der Waals surface area (Å²) in [6.45, 7) is 3.94. The number of hydrogen-bond donors (Lipinski definition) is 0. The molecule has 0 radical (unpaired) electrons. The molecule has 11 heavy (non-hydrogen) atoms. The van der Waals surface area contributed by atoms with Crippen molar-refractivity contribution in [2.45, 2.75) is 6.42 Å². The summed E-state index contributed by atoms with van der Waals surface area (Å²) in [6.07, 6.45) is 2.44. The molecule has 5 heteroatoms. The minimum Gasteiger partial charge on any atom is -0.248 e. The summed E-state index contributed by atoms with van der Waals surface area (Å²) < 4.78 is 29.9. The van der Waals surface area contributed by atoms with E-state index in [-0.39, 0.29) is 19.1 Å². The van der Waals surface area contributed by atoms with Gasteiger partial charge in [0.2, 0.25) is 0 Å². The average Bonchev–Trinajstić information content (AvgIpc) is 1.94. The van der Waals surface area contributed by atoms with Crippen molar-refractivity contribution in [3.05, 3.63) is 12.7 Å². The van der Waals surface area contributed by atoms with Crippen LogP contribution in [0.4, 0.5) is 0 Å². The van der Waals surface area contributed by atoms with Crippen molar-refractivity contribution in [3.8, 4) is 0 Å². The highest BCUT2D eigenvalue weighted by Gasteiger charge is 2.23. The molecule has 4 nitrogen and oxygen atoms in total. The van der Waals surface area contributed by atoms with Crippen LogP contribution >= 0.6 is 0 Å². The molecule has 0 aliphatic carbocycles. The van der Waals surface area contributed by atoms with Gasteiger partial charge in [-0.3, -0.25) is 0 Å². The molecule has 0 bridgehead atoms. The Kier molecular flexibility index (Phi) is 2.64. The van der Waals surface area contributed by atoms with Gasteiger partial charge in [0.1, 0.15) is 0 Å². The summed E-state index contributed by atoms with van der Waals surface area (Å²) in [5.41, 5.74) is 0. The van der Waals surface area contributed by atoms with Crippen LogP contribution in [0.3, 0.4) is 0 Å². The van der Waals surface area contributed by atoms with Crippen molar-refractivity contribution in [3.63, 3.8) is 0 Å². The maximum Gasteiger partial charge on any atom is 0.399 e. The molecule has 0 unspecified atom stereocenters. The van der Waals surface area contributed by atoms with Crippen molar-refractivity contribution >= 4 is 10.4 Å². The molecule has 1 heterocycles. The van der Waals surface area contributed by atoms with E-state index in [4.69, 9.17) is 0 Å². The summed E-state index contributed by atoms with van der Waals surface area (Å²) in [5, 5.41) is 0. The zero-order valence-electron chi connectivity index (χ0n) is 6.02. The molecule has 1 saturated heterocycles. The molecular formula is C6H10O4S. The Bertz CT molecular complexity index is 217. The topological polar surface area (TPSA) is 52.6 Å². The lowest BCUT2D eigenvalue weighted by atomic mass is 10.1. The fourth-order valence-corrected chi connectivity index (χ4v) is 1.60. The van der Waals surface area contributed by atoms with Crippen LogP contribution < -0.4 is 0 Å². The molecule has 1 aliphatic rings. The van der Waals surface area contributed by atoms with Crippen LogP contribution in [-0.4, -0.2) is 21.6 Å². The highest BCUT2D eigenvalue weighted by atomic mass is 32.3. The van der Waals surface area contributed by atoms with Crippen LogP contribution in [0.25, 0.3) is 0 Å². The van der Waals surface area contributed by atoms with E-state index in [2.05, 4.69) is 14.9 Å². The SMILES string of the molecule is C=CCC1COS(=O)(=O)OC1. The minimum absolute atomic E-state index is 0.121. The predicted molar refractivity (Wildman–Crippen MR) is 39.1 cm³/mol. The van der Waals surface area contributed by atoms with Gasteiger partial charge < -0.3 is 0 Å². The first-order valence-corrected chi connectivity index (χ1v) is 4.62. The Hall–Kier alpha value is -0.390. The predicted octanol–water partition coefficient (Wildman–Crippen LogP) is 0.470. The molecule has 1 aliphatic heterocycles. The third-order valence-electron chi connectivity index (χ3n) is 1.40. The van der Waals surface area contributed by atoms with Crippen molar-refractivity contribution in [1.82, 2.24) is 0 Å². The minimum atomic E-state index is -3.67. The van der Waals surface area contributed by atoms with Gasteiger partial charge in [-0.1, -0.05) is 6.08 Å². The van der Waals surface area contributed by atoms with Crippen molar-refractivity contribution in [1.29, 1.82) is 0 Å². The molecule has 0 spiro atoms. The van der Waals surface area contributed by atoms with Gasteiger partial charge in [-0.2, -0.15) is 8.42 Å². The second-order valence-electron chi connectivity index (χ2n) is 2.37. The van der Waals surface area contributed by atoms with Crippen LogP contribution in [0.15, 0.2) is 12.7 Å². The molecule has 0 aromatic heterocycles. The van der Waals surface area contributed by atoms with E-state index in [1.807, 2.05) is 0 Å². The molecule has 0 N–H and O–H groups in total. The van der Waals surface area contributed by atoms with E-state index in [1.54, 1.807) is 6.08 Å². The quantitative estimate of drug-likeness (QED) is 0.577. The van der Waals surface area contributed by atoms with Crippen molar-refractivity contribution in [2.75, 3.05) is 13.2 Å². The molecule has 1 rings (SSSR count). The van der Waals surface area contributed by atoms with Crippen molar-refractivity contribution in [2.24, 2.45) is 5.92 Å². The van der Waals surface area contributed by atoms with E-state index in [0.717, 1.165) is 6.42 Å². The average molecular weight is 178 g/mol. The van der Waals surface area contributed by atoms with Crippen molar-refractivity contribution < 1.29 is 16.8 Å². The Morgan fingerprint density at radius 1 is 1.45 bits per heavy atom. The standard InChI is InChI=1S/C6H10O4S/c1-2-3-6-4-9-11(7,8)10-5-6/h2,6H,1,3-5H2. The molecule has 0 aromatic rings. The lowest BCUT2D eigenvalue weighted by Gasteiger charge is -2.19. The van der Waals surface area contributed by atoms with Gasteiger partial charge in [-0.15, -0.1) is 6.58 Å². The highest BCUT2D eigenvalue weighted by molar-refractivity contribution is 7.81. The second-order valence-corrected chi connectivity index (χ2v) is 3.66. The van der Waals surface area contributed by atoms with E-state index in [9.17, 15) is 8.42 Å². The van der Waals surface area contributed by atoms with Gasteiger partial charge in [-0.25, -0.2) is 8.37 Å². The lowest BCUT2D eigenvalue weighted by molar-refractivity contribution is 0.104. The molecule has 0 saturated carbocycles. The van der Waals surface area contributed by atoms with E-state index < -0.39 is 10.4 Å². The Labute approximate surface area is 66.1 Å².